The number of aromatic nitrogens is 3. The van der Waals surface area contributed by atoms with Crippen LogP contribution < -0.4 is 10.6 Å². The molecule has 0 radical (unpaired) electrons. The third kappa shape index (κ3) is 2.88. The van der Waals surface area contributed by atoms with E-state index in [1.54, 1.807) is 23.4 Å². The summed E-state index contributed by atoms with van der Waals surface area (Å²) in [7, 11) is 0. The van der Waals surface area contributed by atoms with Gasteiger partial charge in [0.25, 0.3) is 5.91 Å². The van der Waals surface area contributed by atoms with Crippen molar-refractivity contribution in [1.82, 2.24) is 25.6 Å². The van der Waals surface area contributed by atoms with E-state index in [2.05, 4.69) is 20.9 Å². The molecule has 0 aromatic carbocycles. The molecule has 7 heteroatoms. The molecule has 106 valence electrons. The number of furan rings is 1. The lowest BCUT2D eigenvalue weighted by Crippen LogP contribution is -2.29. The maximum absolute atomic E-state index is 12.0. The Hall–Kier alpha value is -2.15. The first-order valence-electron chi connectivity index (χ1n) is 6.75. The van der Waals surface area contributed by atoms with Gasteiger partial charge in [-0.05, 0) is 32.0 Å². The average molecular weight is 275 g/mol. The van der Waals surface area contributed by atoms with Crippen molar-refractivity contribution < 1.29 is 9.21 Å². The molecule has 20 heavy (non-hydrogen) atoms. The maximum Gasteiger partial charge on any atom is 0.273 e. The Bertz CT molecular complexity index is 557. The fraction of sp³-hybridized carbons (Fsp3) is 0.462. The van der Waals surface area contributed by atoms with E-state index in [0.29, 0.717) is 18.3 Å². The second-order valence-corrected chi connectivity index (χ2v) is 4.88. The first-order chi connectivity index (χ1) is 9.83. The number of piperidine rings is 1. The van der Waals surface area contributed by atoms with E-state index >= 15 is 0 Å². The fourth-order valence-electron chi connectivity index (χ4n) is 2.30. The van der Waals surface area contributed by atoms with Crippen LogP contribution in [0, 0.1) is 0 Å². The summed E-state index contributed by atoms with van der Waals surface area (Å²) in [5.41, 5.74) is 1.27. The Balaban J connectivity index is 1.59. The standard InChI is InChI=1S/C13H17N5O2/c19-13(15-7-10-3-6-20-9-10)12-8-18(17-16-12)11-1-4-14-5-2-11/h3,6,8-9,11,14H,1-2,4-5,7H2,(H,15,19). The number of amides is 1. The zero-order chi connectivity index (χ0) is 13.8. The van der Waals surface area contributed by atoms with Gasteiger partial charge in [-0.2, -0.15) is 0 Å². The van der Waals surface area contributed by atoms with Crippen LogP contribution in [0.25, 0.3) is 0 Å². The van der Waals surface area contributed by atoms with Gasteiger partial charge in [0.15, 0.2) is 5.69 Å². The molecule has 1 amide bonds. The van der Waals surface area contributed by atoms with Gasteiger partial charge in [0.2, 0.25) is 0 Å². The van der Waals surface area contributed by atoms with E-state index in [0.717, 1.165) is 31.5 Å². The Morgan fingerprint density at radius 3 is 3.10 bits per heavy atom. The van der Waals surface area contributed by atoms with Gasteiger partial charge in [0.05, 0.1) is 24.8 Å². The van der Waals surface area contributed by atoms with Gasteiger partial charge in [-0.25, -0.2) is 4.68 Å². The fourth-order valence-corrected chi connectivity index (χ4v) is 2.30. The highest BCUT2D eigenvalue weighted by atomic mass is 16.3. The number of hydrogen-bond acceptors (Lipinski definition) is 5. The molecular formula is C13H17N5O2. The van der Waals surface area contributed by atoms with E-state index in [1.165, 1.54) is 0 Å². The van der Waals surface area contributed by atoms with Gasteiger partial charge in [-0.15, -0.1) is 5.10 Å². The molecule has 0 spiro atoms. The summed E-state index contributed by atoms with van der Waals surface area (Å²) in [6.45, 7) is 2.38. The Morgan fingerprint density at radius 1 is 1.50 bits per heavy atom. The molecular weight excluding hydrogens is 258 g/mol. The maximum atomic E-state index is 12.0. The highest BCUT2D eigenvalue weighted by Gasteiger charge is 2.18. The molecule has 1 saturated heterocycles. The van der Waals surface area contributed by atoms with Gasteiger partial charge in [0, 0.05) is 12.1 Å². The smallest absolute Gasteiger partial charge is 0.273 e. The van der Waals surface area contributed by atoms with Crippen LogP contribution in [0.4, 0.5) is 0 Å². The number of carbonyl (C=O) groups excluding carboxylic acids is 1. The number of rotatable bonds is 4. The van der Waals surface area contributed by atoms with Crippen LogP contribution in [0.3, 0.4) is 0 Å². The SMILES string of the molecule is O=C(NCc1ccoc1)c1cn(C2CCNCC2)nn1. The molecule has 0 atom stereocenters. The van der Waals surface area contributed by atoms with E-state index < -0.39 is 0 Å². The van der Waals surface area contributed by atoms with Gasteiger partial charge >= 0.3 is 0 Å². The largest absolute Gasteiger partial charge is 0.472 e. The molecule has 0 saturated carbocycles. The summed E-state index contributed by atoms with van der Waals surface area (Å²) >= 11 is 0. The van der Waals surface area contributed by atoms with E-state index in [1.807, 2.05) is 6.07 Å². The average Bonchev–Trinajstić information content (AvgIpc) is 3.17. The Labute approximate surface area is 116 Å². The molecule has 0 unspecified atom stereocenters. The third-order valence-electron chi connectivity index (χ3n) is 3.46. The van der Waals surface area contributed by atoms with E-state index in [4.69, 9.17) is 4.42 Å². The van der Waals surface area contributed by atoms with Gasteiger partial charge < -0.3 is 15.1 Å². The summed E-state index contributed by atoms with van der Waals surface area (Å²) < 4.78 is 6.75. The van der Waals surface area contributed by atoms with E-state index in [-0.39, 0.29) is 5.91 Å². The molecule has 2 N–H and O–H groups in total. The van der Waals surface area contributed by atoms with Crippen molar-refractivity contribution in [3.8, 4) is 0 Å². The van der Waals surface area contributed by atoms with Crippen LogP contribution in [0.1, 0.15) is 34.9 Å². The van der Waals surface area contributed by atoms with Crippen LogP contribution >= 0.6 is 0 Å². The first-order valence-corrected chi connectivity index (χ1v) is 6.75. The van der Waals surface area contributed by atoms with Crippen molar-refractivity contribution in [3.63, 3.8) is 0 Å². The Morgan fingerprint density at radius 2 is 2.35 bits per heavy atom. The third-order valence-corrected chi connectivity index (χ3v) is 3.46. The minimum absolute atomic E-state index is 0.216. The summed E-state index contributed by atoms with van der Waals surface area (Å²) in [5.74, 6) is -0.216. The molecule has 2 aromatic rings. The van der Waals surface area contributed by atoms with Crippen LogP contribution in [0.2, 0.25) is 0 Å². The molecule has 1 fully saturated rings. The number of carbonyl (C=O) groups is 1. The summed E-state index contributed by atoms with van der Waals surface area (Å²) in [6, 6.07) is 2.14. The highest BCUT2D eigenvalue weighted by Crippen LogP contribution is 2.16. The predicted molar refractivity (Wildman–Crippen MR) is 71.0 cm³/mol. The van der Waals surface area contributed by atoms with Crippen molar-refractivity contribution >= 4 is 5.91 Å². The zero-order valence-corrected chi connectivity index (χ0v) is 11.1. The normalized spacial score (nSPS) is 16.2. The van der Waals surface area contributed by atoms with Crippen molar-refractivity contribution in [3.05, 3.63) is 36.0 Å². The predicted octanol–water partition coefficient (Wildman–Crippen LogP) is 0.726. The molecule has 3 rings (SSSR count). The second kappa shape index (κ2) is 5.87. The van der Waals surface area contributed by atoms with Crippen molar-refractivity contribution in [2.24, 2.45) is 0 Å². The summed E-state index contributed by atoms with van der Waals surface area (Å²) in [5, 5.41) is 14.1. The van der Waals surface area contributed by atoms with Gasteiger partial charge in [-0.3, -0.25) is 4.79 Å². The van der Waals surface area contributed by atoms with Crippen LogP contribution in [0.5, 0.6) is 0 Å². The van der Waals surface area contributed by atoms with Crippen LogP contribution in [0.15, 0.2) is 29.2 Å². The number of nitrogens with zero attached hydrogens (tertiary/aromatic N) is 3. The van der Waals surface area contributed by atoms with Crippen molar-refractivity contribution in [2.45, 2.75) is 25.4 Å². The summed E-state index contributed by atoms with van der Waals surface area (Å²) in [6.07, 6.45) is 6.93. The molecule has 7 nitrogen and oxygen atoms in total. The molecule has 1 aliphatic heterocycles. The monoisotopic (exact) mass is 275 g/mol. The number of nitrogens with one attached hydrogen (secondary N) is 2. The Kier molecular flexibility index (Phi) is 3.78. The topological polar surface area (TPSA) is 85.0 Å². The highest BCUT2D eigenvalue weighted by molar-refractivity contribution is 5.91. The zero-order valence-electron chi connectivity index (χ0n) is 11.1. The summed E-state index contributed by atoms with van der Waals surface area (Å²) in [4.78, 5) is 12.0. The van der Waals surface area contributed by atoms with Gasteiger partial charge in [-0.1, -0.05) is 5.21 Å². The number of hydrogen-bond donors (Lipinski definition) is 2. The molecule has 0 bridgehead atoms. The molecule has 2 aromatic heterocycles. The minimum Gasteiger partial charge on any atom is -0.472 e. The first kappa shape index (κ1) is 12.9. The van der Waals surface area contributed by atoms with Crippen molar-refractivity contribution in [2.75, 3.05) is 13.1 Å². The van der Waals surface area contributed by atoms with E-state index in [9.17, 15) is 4.79 Å². The lowest BCUT2D eigenvalue weighted by atomic mass is 10.1. The second-order valence-electron chi connectivity index (χ2n) is 4.88. The molecule has 0 aliphatic carbocycles. The van der Waals surface area contributed by atoms with Gasteiger partial charge in [0.1, 0.15) is 0 Å². The molecule has 1 aliphatic rings. The van der Waals surface area contributed by atoms with Crippen molar-refractivity contribution in [1.29, 1.82) is 0 Å². The molecule has 3 heterocycles. The van der Waals surface area contributed by atoms with Crippen LogP contribution in [-0.2, 0) is 6.54 Å². The van der Waals surface area contributed by atoms with Crippen LogP contribution in [-0.4, -0.2) is 34.0 Å². The lowest BCUT2D eigenvalue weighted by molar-refractivity contribution is 0.0946. The minimum atomic E-state index is -0.216. The lowest BCUT2D eigenvalue weighted by Gasteiger charge is -2.22. The quantitative estimate of drug-likeness (QED) is 0.859.